The normalized spacial score (nSPS) is 13.8. The maximum Gasteiger partial charge on any atom is 0.322 e. The maximum absolute atomic E-state index is 12.7. The molecule has 2 aromatic carbocycles. The molecule has 0 radical (unpaired) electrons. The Morgan fingerprint density at radius 1 is 1.08 bits per heavy atom. The highest BCUT2D eigenvalue weighted by Crippen LogP contribution is 2.37. The molecule has 3 rings (SSSR count). The van der Waals surface area contributed by atoms with E-state index in [9.17, 15) is 24.6 Å². The minimum absolute atomic E-state index is 0.00468. The van der Waals surface area contributed by atoms with Gasteiger partial charge in [0.05, 0.1) is 11.1 Å². The molecular formula is C18H15NO6. The molecular weight excluding hydrogens is 326 g/mol. The van der Waals surface area contributed by atoms with Crippen molar-refractivity contribution < 1.29 is 29.3 Å². The average molecular weight is 341 g/mol. The predicted octanol–water partition coefficient (Wildman–Crippen LogP) is 1.26. The van der Waals surface area contributed by atoms with Gasteiger partial charge in [0.15, 0.2) is 5.78 Å². The highest BCUT2D eigenvalue weighted by atomic mass is 16.5. The van der Waals surface area contributed by atoms with Crippen LogP contribution in [-0.2, 0) is 16.1 Å². The summed E-state index contributed by atoms with van der Waals surface area (Å²) in [7, 11) is 0. The van der Waals surface area contributed by atoms with Crippen LogP contribution in [0.5, 0.6) is 11.5 Å². The van der Waals surface area contributed by atoms with Crippen molar-refractivity contribution in [3.8, 4) is 11.5 Å². The number of phenolic OH excluding ortho intramolecular Hbond substituents is 2. The quantitative estimate of drug-likeness (QED) is 0.612. The van der Waals surface area contributed by atoms with Gasteiger partial charge in [0, 0.05) is 11.1 Å². The Morgan fingerprint density at radius 2 is 1.76 bits per heavy atom. The van der Waals surface area contributed by atoms with Crippen LogP contribution in [0, 0.1) is 0 Å². The number of nitrogens with two attached hydrogens (primary N) is 1. The number of phenols is 2. The molecule has 128 valence electrons. The minimum atomic E-state index is -0.802. The number of esters is 1. The molecule has 0 saturated carbocycles. The second kappa shape index (κ2) is 6.03. The van der Waals surface area contributed by atoms with E-state index >= 15 is 0 Å². The Bertz CT molecular complexity index is 916. The van der Waals surface area contributed by atoms with E-state index in [4.69, 9.17) is 10.5 Å². The van der Waals surface area contributed by atoms with Gasteiger partial charge in [-0.15, -0.1) is 0 Å². The van der Waals surface area contributed by atoms with Crippen LogP contribution in [0.2, 0.25) is 0 Å². The topological polar surface area (TPSA) is 127 Å². The Kier molecular flexibility index (Phi) is 4.02. The third-order valence-electron chi connectivity index (χ3n) is 3.92. The Morgan fingerprint density at radius 3 is 2.44 bits per heavy atom. The number of aromatic hydroxyl groups is 2. The fourth-order valence-electron chi connectivity index (χ4n) is 2.71. The highest BCUT2D eigenvalue weighted by Gasteiger charge is 2.34. The lowest BCUT2D eigenvalue weighted by molar-refractivity contribution is -0.146. The van der Waals surface area contributed by atoms with E-state index in [1.54, 1.807) is 0 Å². The summed E-state index contributed by atoms with van der Waals surface area (Å²) < 4.78 is 4.97. The third-order valence-corrected chi connectivity index (χ3v) is 3.92. The van der Waals surface area contributed by atoms with Crippen molar-refractivity contribution in [2.45, 2.75) is 19.6 Å². The van der Waals surface area contributed by atoms with Crippen molar-refractivity contribution in [1.82, 2.24) is 0 Å². The van der Waals surface area contributed by atoms with Crippen LogP contribution in [-0.4, -0.2) is 33.8 Å². The van der Waals surface area contributed by atoms with Crippen LogP contribution in [0.4, 0.5) is 0 Å². The molecule has 0 heterocycles. The molecule has 0 bridgehead atoms. The summed E-state index contributed by atoms with van der Waals surface area (Å²) in [6.45, 7) is 1.27. The van der Waals surface area contributed by atoms with Crippen molar-refractivity contribution in [2.75, 3.05) is 0 Å². The summed E-state index contributed by atoms with van der Waals surface area (Å²) >= 11 is 0. The number of ether oxygens (including phenoxy) is 1. The number of hydrogen-bond acceptors (Lipinski definition) is 7. The van der Waals surface area contributed by atoms with Crippen LogP contribution in [0.15, 0.2) is 30.3 Å². The van der Waals surface area contributed by atoms with Crippen molar-refractivity contribution in [3.05, 3.63) is 58.1 Å². The van der Waals surface area contributed by atoms with E-state index < -0.39 is 29.3 Å². The Hall–Kier alpha value is -3.19. The van der Waals surface area contributed by atoms with Crippen molar-refractivity contribution in [2.24, 2.45) is 5.73 Å². The molecule has 0 saturated heterocycles. The van der Waals surface area contributed by atoms with Crippen molar-refractivity contribution >= 4 is 17.5 Å². The van der Waals surface area contributed by atoms with Gasteiger partial charge in [0.2, 0.25) is 5.78 Å². The van der Waals surface area contributed by atoms with Crippen LogP contribution >= 0.6 is 0 Å². The number of ketones is 2. The van der Waals surface area contributed by atoms with E-state index in [0.29, 0.717) is 5.56 Å². The maximum atomic E-state index is 12.7. The molecule has 7 heteroatoms. The molecule has 25 heavy (non-hydrogen) atoms. The van der Waals surface area contributed by atoms with Gasteiger partial charge in [-0.3, -0.25) is 14.4 Å². The number of carbonyl (C=O) groups is 3. The van der Waals surface area contributed by atoms with E-state index in [1.165, 1.54) is 37.3 Å². The molecule has 0 aromatic heterocycles. The zero-order valence-corrected chi connectivity index (χ0v) is 13.3. The van der Waals surface area contributed by atoms with Gasteiger partial charge in [-0.2, -0.15) is 0 Å². The minimum Gasteiger partial charge on any atom is -0.507 e. The number of carbonyl (C=O) groups excluding carboxylic acids is 3. The van der Waals surface area contributed by atoms with Gasteiger partial charge < -0.3 is 20.7 Å². The molecule has 1 unspecified atom stereocenters. The third kappa shape index (κ3) is 2.74. The Balaban J connectivity index is 2.04. The molecule has 1 aliphatic carbocycles. The smallest absolute Gasteiger partial charge is 0.322 e. The summed E-state index contributed by atoms with van der Waals surface area (Å²) in [5, 5.41) is 20.1. The van der Waals surface area contributed by atoms with Crippen molar-refractivity contribution in [1.29, 1.82) is 0 Å². The standard InChI is InChI=1S/C18H15NO6/c1-8(19)18(24)25-7-9-5-11-15(13(21)6-9)17(23)14-10(16(11)22)3-2-4-12(14)20/h2-6,8,20-21H,7,19H2,1H3. The van der Waals surface area contributed by atoms with Gasteiger partial charge >= 0.3 is 5.97 Å². The summed E-state index contributed by atoms with van der Waals surface area (Å²) in [6, 6.07) is 6.01. The lowest BCUT2D eigenvalue weighted by atomic mass is 9.82. The first kappa shape index (κ1) is 16.7. The number of benzene rings is 2. The van der Waals surface area contributed by atoms with Crippen LogP contribution in [0.1, 0.15) is 44.3 Å². The van der Waals surface area contributed by atoms with Crippen LogP contribution < -0.4 is 5.73 Å². The van der Waals surface area contributed by atoms with E-state index in [-0.39, 0.29) is 34.6 Å². The summed E-state index contributed by atoms with van der Waals surface area (Å²) in [6.07, 6.45) is 0. The Labute approximate surface area is 142 Å². The van der Waals surface area contributed by atoms with Gasteiger partial charge in [-0.05, 0) is 30.7 Å². The zero-order chi connectivity index (χ0) is 18.3. The van der Waals surface area contributed by atoms with E-state index in [0.717, 1.165) is 0 Å². The molecule has 2 aromatic rings. The largest absolute Gasteiger partial charge is 0.507 e. The SMILES string of the molecule is CC(N)C(=O)OCc1cc(O)c2c(c1)C(=O)c1cccc(O)c1C2=O. The van der Waals surface area contributed by atoms with Gasteiger partial charge in [-0.25, -0.2) is 0 Å². The molecule has 0 spiro atoms. The van der Waals surface area contributed by atoms with Crippen LogP contribution in [0.3, 0.4) is 0 Å². The first-order valence-electron chi connectivity index (χ1n) is 7.50. The molecule has 4 N–H and O–H groups in total. The lowest BCUT2D eigenvalue weighted by Gasteiger charge is -2.20. The van der Waals surface area contributed by atoms with E-state index in [1.807, 2.05) is 0 Å². The fourth-order valence-corrected chi connectivity index (χ4v) is 2.71. The summed E-state index contributed by atoms with van der Waals surface area (Å²) in [5.74, 6) is -2.52. The molecule has 7 nitrogen and oxygen atoms in total. The van der Waals surface area contributed by atoms with Gasteiger partial charge in [0.1, 0.15) is 24.1 Å². The highest BCUT2D eigenvalue weighted by molar-refractivity contribution is 6.30. The number of fused-ring (bicyclic) bond motifs is 2. The summed E-state index contributed by atoms with van der Waals surface area (Å²) in [5.41, 5.74) is 5.48. The zero-order valence-electron chi connectivity index (χ0n) is 13.3. The molecule has 1 aliphatic rings. The van der Waals surface area contributed by atoms with Crippen molar-refractivity contribution in [3.63, 3.8) is 0 Å². The second-order valence-electron chi connectivity index (χ2n) is 5.79. The summed E-state index contributed by atoms with van der Waals surface area (Å²) in [4.78, 5) is 36.7. The lowest BCUT2D eigenvalue weighted by Crippen LogP contribution is -2.28. The first-order chi connectivity index (χ1) is 11.8. The molecule has 1 atom stereocenters. The molecule has 0 fully saturated rings. The van der Waals surface area contributed by atoms with Gasteiger partial charge in [0.25, 0.3) is 0 Å². The monoisotopic (exact) mass is 341 g/mol. The van der Waals surface area contributed by atoms with Gasteiger partial charge in [-0.1, -0.05) is 12.1 Å². The second-order valence-corrected chi connectivity index (χ2v) is 5.79. The molecule has 0 aliphatic heterocycles. The molecule has 0 amide bonds. The average Bonchev–Trinajstić information content (AvgIpc) is 2.56. The van der Waals surface area contributed by atoms with E-state index in [2.05, 4.69) is 0 Å². The van der Waals surface area contributed by atoms with Crippen LogP contribution in [0.25, 0.3) is 0 Å². The number of rotatable bonds is 3. The first-order valence-corrected chi connectivity index (χ1v) is 7.50. The number of hydrogen-bond donors (Lipinski definition) is 3. The predicted molar refractivity (Wildman–Crippen MR) is 86.5 cm³/mol. The fraction of sp³-hybridized carbons (Fsp3) is 0.167.